The van der Waals surface area contributed by atoms with Gasteiger partial charge in [0.05, 0.1) is 0 Å². The average Bonchev–Trinajstić information content (AvgIpc) is 1.57. The molecule has 1 rings (SSSR count). The predicted molar refractivity (Wildman–Crippen MR) is 53.7 cm³/mol. The Kier molecular flexibility index (Phi) is 2.61. The monoisotopic (exact) mass is 253 g/mol. The standard InChI is InChI=1S/C8H16IN/c1-8(2,3)10-5-7(4-9)6-10/h7H,4-6H2,1-3H3. The molecule has 0 radical (unpaired) electrons. The number of hydrogen-bond acceptors (Lipinski definition) is 1. The first-order valence-electron chi connectivity index (χ1n) is 3.85. The van der Waals surface area contributed by atoms with Gasteiger partial charge in [-0.3, -0.25) is 4.90 Å². The number of nitrogens with zero attached hydrogens (tertiary/aromatic N) is 1. The van der Waals surface area contributed by atoms with Crippen LogP contribution in [0.2, 0.25) is 0 Å². The third-order valence-corrected chi connectivity index (χ3v) is 3.37. The molecular formula is C8H16IN. The van der Waals surface area contributed by atoms with Crippen LogP contribution in [0, 0.1) is 5.92 Å². The van der Waals surface area contributed by atoms with E-state index in [1.807, 2.05) is 0 Å². The lowest BCUT2D eigenvalue weighted by Crippen LogP contribution is -2.56. The topological polar surface area (TPSA) is 3.24 Å². The Morgan fingerprint density at radius 1 is 1.40 bits per heavy atom. The molecule has 0 amide bonds. The Hall–Kier alpha value is 0.690. The summed E-state index contributed by atoms with van der Waals surface area (Å²) in [4.78, 5) is 2.54. The van der Waals surface area contributed by atoms with E-state index in [4.69, 9.17) is 0 Å². The molecule has 1 fully saturated rings. The minimum atomic E-state index is 0.405. The predicted octanol–water partition coefficient (Wildman–Crippen LogP) is 2.15. The molecule has 0 saturated carbocycles. The highest BCUT2D eigenvalue weighted by Crippen LogP contribution is 2.25. The molecule has 1 nitrogen and oxygen atoms in total. The van der Waals surface area contributed by atoms with Gasteiger partial charge in [0.25, 0.3) is 0 Å². The van der Waals surface area contributed by atoms with Crippen molar-refractivity contribution < 1.29 is 0 Å². The van der Waals surface area contributed by atoms with Crippen molar-refractivity contribution in [3.8, 4) is 0 Å². The zero-order valence-corrected chi connectivity index (χ0v) is 9.18. The van der Waals surface area contributed by atoms with Gasteiger partial charge in [0, 0.05) is 23.1 Å². The van der Waals surface area contributed by atoms with E-state index in [2.05, 4.69) is 48.3 Å². The summed E-state index contributed by atoms with van der Waals surface area (Å²) in [5.74, 6) is 0.972. The zero-order valence-electron chi connectivity index (χ0n) is 7.02. The smallest absolute Gasteiger partial charge is 0.0125 e. The molecule has 0 unspecified atom stereocenters. The third kappa shape index (κ3) is 1.84. The molecule has 1 saturated heterocycles. The highest BCUT2D eigenvalue weighted by molar-refractivity contribution is 14.1. The van der Waals surface area contributed by atoms with E-state index >= 15 is 0 Å². The van der Waals surface area contributed by atoms with Crippen LogP contribution in [0.25, 0.3) is 0 Å². The van der Waals surface area contributed by atoms with Gasteiger partial charge < -0.3 is 0 Å². The molecule has 0 atom stereocenters. The summed E-state index contributed by atoms with van der Waals surface area (Å²) in [7, 11) is 0. The minimum absolute atomic E-state index is 0.405. The Labute approximate surface area is 77.3 Å². The normalized spacial score (nSPS) is 22.8. The summed E-state index contributed by atoms with van der Waals surface area (Å²) in [5.41, 5.74) is 0.405. The maximum absolute atomic E-state index is 2.54. The van der Waals surface area contributed by atoms with Gasteiger partial charge in [-0.25, -0.2) is 0 Å². The molecule has 2 heteroatoms. The fourth-order valence-electron chi connectivity index (χ4n) is 1.22. The molecule has 0 N–H and O–H groups in total. The summed E-state index contributed by atoms with van der Waals surface area (Å²) in [6.07, 6.45) is 0. The van der Waals surface area contributed by atoms with Gasteiger partial charge in [-0.05, 0) is 26.7 Å². The first-order valence-corrected chi connectivity index (χ1v) is 5.37. The maximum Gasteiger partial charge on any atom is 0.0125 e. The number of likely N-dealkylation sites (tertiary alicyclic amines) is 1. The van der Waals surface area contributed by atoms with Crippen molar-refractivity contribution in [2.45, 2.75) is 26.3 Å². The second kappa shape index (κ2) is 2.97. The van der Waals surface area contributed by atoms with Crippen LogP contribution in [-0.4, -0.2) is 28.0 Å². The molecule has 0 aromatic carbocycles. The highest BCUT2D eigenvalue weighted by Gasteiger charge is 2.33. The first-order chi connectivity index (χ1) is 4.54. The van der Waals surface area contributed by atoms with E-state index in [9.17, 15) is 0 Å². The largest absolute Gasteiger partial charge is 0.298 e. The van der Waals surface area contributed by atoms with Gasteiger partial charge in [-0.2, -0.15) is 0 Å². The van der Waals surface area contributed by atoms with E-state index < -0.39 is 0 Å². The lowest BCUT2D eigenvalue weighted by Gasteiger charge is -2.47. The third-order valence-electron chi connectivity index (χ3n) is 2.12. The fraction of sp³-hybridized carbons (Fsp3) is 1.00. The minimum Gasteiger partial charge on any atom is -0.298 e. The van der Waals surface area contributed by atoms with Crippen LogP contribution >= 0.6 is 22.6 Å². The number of halogens is 1. The quantitative estimate of drug-likeness (QED) is 0.511. The van der Waals surface area contributed by atoms with Crippen molar-refractivity contribution in [3.05, 3.63) is 0 Å². The summed E-state index contributed by atoms with van der Waals surface area (Å²) >= 11 is 2.48. The van der Waals surface area contributed by atoms with Crippen molar-refractivity contribution >= 4 is 22.6 Å². The van der Waals surface area contributed by atoms with Crippen LogP contribution in [0.3, 0.4) is 0 Å². The van der Waals surface area contributed by atoms with Crippen molar-refractivity contribution in [2.75, 3.05) is 17.5 Å². The van der Waals surface area contributed by atoms with Crippen LogP contribution in [0.4, 0.5) is 0 Å². The van der Waals surface area contributed by atoms with Crippen molar-refractivity contribution in [1.29, 1.82) is 0 Å². The van der Waals surface area contributed by atoms with Gasteiger partial charge in [0.1, 0.15) is 0 Å². The lowest BCUT2D eigenvalue weighted by atomic mass is 9.94. The summed E-state index contributed by atoms with van der Waals surface area (Å²) in [6.45, 7) is 9.49. The first kappa shape index (κ1) is 8.78. The molecule has 10 heavy (non-hydrogen) atoms. The van der Waals surface area contributed by atoms with Gasteiger partial charge in [0.15, 0.2) is 0 Å². The molecule has 0 spiro atoms. The van der Waals surface area contributed by atoms with E-state index in [1.54, 1.807) is 0 Å². The number of alkyl halides is 1. The Balaban J connectivity index is 2.26. The Morgan fingerprint density at radius 2 is 1.90 bits per heavy atom. The van der Waals surface area contributed by atoms with Crippen LogP contribution in [0.1, 0.15) is 20.8 Å². The van der Waals surface area contributed by atoms with E-state index in [0.29, 0.717) is 5.54 Å². The lowest BCUT2D eigenvalue weighted by molar-refractivity contribution is 0.0257. The van der Waals surface area contributed by atoms with Gasteiger partial charge >= 0.3 is 0 Å². The number of rotatable bonds is 1. The van der Waals surface area contributed by atoms with Gasteiger partial charge in [-0.1, -0.05) is 22.6 Å². The summed E-state index contributed by atoms with van der Waals surface area (Å²) < 4.78 is 1.32. The van der Waals surface area contributed by atoms with Crippen molar-refractivity contribution in [3.63, 3.8) is 0 Å². The zero-order chi connectivity index (χ0) is 7.78. The SMILES string of the molecule is CC(C)(C)N1CC(CI)C1. The van der Waals surface area contributed by atoms with Crippen molar-refractivity contribution in [2.24, 2.45) is 5.92 Å². The molecular weight excluding hydrogens is 237 g/mol. The maximum atomic E-state index is 2.54. The van der Waals surface area contributed by atoms with E-state index in [-0.39, 0.29) is 0 Å². The molecule has 0 aliphatic carbocycles. The van der Waals surface area contributed by atoms with Crippen LogP contribution in [0.5, 0.6) is 0 Å². The van der Waals surface area contributed by atoms with E-state index in [1.165, 1.54) is 17.5 Å². The highest BCUT2D eigenvalue weighted by atomic mass is 127. The van der Waals surface area contributed by atoms with Gasteiger partial charge in [0.2, 0.25) is 0 Å². The van der Waals surface area contributed by atoms with Gasteiger partial charge in [-0.15, -0.1) is 0 Å². The Bertz CT molecular complexity index is 111. The molecule has 0 aromatic heterocycles. The molecule has 1 aliphatic heterocycles. The molecule has 1 heterocycles. The number of hydrogen-bond donors (Lipinski definition) is 0. The fourth-order valence-corrected chi connectivity index (χ4v) is 1.77. The summed E-state index contributed by atoms with van der Waals surface area (Å²) in [5, 5.41) is 0. The molecule has 60 valence electrons. The summed E-state index contributed by atoms with van der Waals surface area (Å²) in [6, 6.07) is 0. The van der Waals surface area contributed by atoms with Crippen LogP contribution < -0.4 is 0 Å². The molecule has 1 aliphatic rings. The van der Waals surface area contributed by atoms with Crippen LogP contribution in [-0.2, 0) is 0 Å². The molecule has 0 aromatic rings. The second-order valence-electron chi connectivity index (χ2n) is 4.10. The Morgan fingerprint density at radius 3 is 2.20 bits per heavy atom. The van der Waals surface area contributed by atoms with Crippen LogP contribution in [0.15, 0.2) is 0 Å². The van der Waals surface area contributed by atoms with Crippen molar-refractivity contribution in [1.82, 2.24) is 4.90 Å². The van der Waals surface area contributed by atoms with E-state index in [0.717, 1.165) is 5.92 Å². The molecule has 0 bridgehead atoms. The second-order valence-corrected chi connectivity index (χ2v) is 4.98. The average molecular weight is 253 g/mol.